The standard InChI is InChI=1S/C34H27BrN4O4S2/c1-37(2)24-13-8-20(9-14-24)27-28-29(32(42)39(31(28)41)25-15-10-22(35)11-16-25)44-33-30(27)45-34(43)38(33)18-26(40)36-23-12-7-19-5-3-4-6-21(19)17-23/h3-17,27-29H,18H2,1-2H3,(H,36,40). The molecule has 1 saturated heterocycles. The Bertz CT molecular complexity index is 2040. The molecule has 1 aromatic heterocycles. The number of thiazole rings is 1. The predicted octanol–water partition coefficient (Wildman–Crippen LogP) is 6.33. The number of hydrogen-bond acceptors (Lipinski definition) is 7. The summed E-state index contributed by atoms with van der Waals surface area (Å²) in [4.78, 5) is 58.5. The van der Waals surface area contributed by atoms with Crippen molar-refractivity contribution in [3.63, 3.8) is 0 Å². The highest BCUT2D eigenvalue weighted by Crippen LogP contribution is 2.54. The van der Waals surface area contributed by atoms with E-state index >= 15 is 0 Å². The molecule has 0 radical (unpaired) electrons. The van der Waals surface area contributed by atoms with Crippen LogP contribution in [0.5, 0.6) is 0 Å². The molecule has 11 heteroatoms. The number of nitrogens with one attached hydrogen (secondary N) is 1. The molecule has 226 valence electrons. The number of aromatic nitrogens is 1. The molecule has 0 bridgehead atoms. The quantitative estimate of drug-likeness (QED) is 0.209. The van der Waals surface area contributed by atoms with E-state index in [0.717, 1.165) is 37.8 Å². The van der Waals surface area contributed by atoms with Gasteiger partial charge < -0.3 is 10.2 Å². The number of fused-ring (bicyclic) bond motifs is 3. The summed E-state index contributed by atoms with van der Waals surface area (Å²) in [6, 6.07) is 28.5. The maximum atomic E-state index is 14.1. The van der Waals surface area contributed by atoms with Crippen molar-refractivity contribution >= 4 is 84.6 Å². The van der Waals surface area contributed by atoms with Crippen molar-refractivity contribution in [2.45, 2.75) is 22.7 Å². The molecule has 45 heavy (non-hydrogen) atoms. The smallest absolute Gasteiger partial charge is 0.308 e. The minimum absolute atomic E-state index is 0.216. The normalized spacial score (nSPS) is 19.0. The largest absolute Gasteiger partial charge is 0.378 e. The van der Waals surface area contributed by atoms with Crippen LogP contribution in [-0.4, -0.2) is 41.6 Å². The van der Waals surface area contributed by atoms with E-state index < -0.39 is 17.1 Å². The Hall–Kier alpha value is -4.19. The van der Waals surface area contributed by atoms with Crippen molar-refractivity contribution in [3.8, 4) is 0 Å². The zero-order valence-corrected chi connectivity index (χ0v) is 27.5. The van der Waals surface area contributed by atoms with Gasteiger partial charge in [-0.05, 0) is 64.9 Å². The molecule has 2 aliphatic heterocycles. The van der Waals surface area contributed by atoms with Crippen molar-refractivity contribution in [3.05, 3.63) is 116 Å². The van der Waals surface area contributed by atoms with Crippen LogP contribution in [0.3, 0.4) is 0 Å². The summed E-state index contributed by atoms with van der Waals surface area (Å²) in [6.45, 7) is -0.216. The molecular weight excluding hydrogens is 672 g/mol. The van der Waals surface area contributed by atoms with E-state index in [0.29, 0.717) is 21.3 Å². The van der Waals surface area contributed by atoms with Crippen molar-refractivity contribution in [1.82, 2.24) is 4.57 Å². The summed E-state index contributed by atoms with van der Waals surface area (Å²) >= 11 is 5.67. The maximum Gasteiger partial charge on any atom is 0.308 e. The SMILES string of the molecule is CN(C)c1ccc(C2c3sc(=O)n(CC(=O)Nc4ccc5ccccc5c4)c3SC3C(=O)N(c4ccc(Br)cc4)C(=O)C32)cc1. The zero-order chi connectivity index (χ0) is 31.4. The number of carbonyl (C=O) groups is 3. The van der Waals surface area contributed by atoms with Crippen molar-refractivity contribution in [1.29, 1.82) is 0 Å². The van der Waals surface area contributed by atoms with Gasteiger partial charge in [0.05, 0.1) is 16.6 Å². The van der Waals surface area contributed by atoms with Crippen LogP contribution in [-0.2, 0) is 20.9 Å². The van der Waals surface area contributed by atoms with Crippen molar-refractivity contribution in [2.75, 3.05) is 29.2 Å². The minimum Gasteiger partial charge on any atom is -0.378 e. The molecule has 2 aliphatic rings. The number of anilines is 3. The number of thioether (sulfide) groups is 1. The highest BCUT2D eigenvalue weighted by molar-refractivity contribution is 9.10. The molecule has 3 unspecified atom stereocenters. The van der Waals surface area contributed by atoms with E-state index in [2.05, 4.69) is 21.2 Å². The van der Waals surface area contributed by atoms with Crippen molar-refractivity contribution in [2.24, 2.45) is 5.92 Å². The van der Waals surface area contributed by atoms with E-state index in [9.17, 15) is 19.2 Å². The number of amides is 3. The third-order valence-corrected chi connectivity index (χ3v) is 11.4. The third-order valence-electron chi connectivity index (χ3n) is 8.24. The van der Waals surface area contributed by atoms with Crippen LogP contribution in [0.2, 0.25) is 0 Å². The lowest BCUT2D eigenvalue weighted by Crippen LogP contribution is -2.33. The monoisotopic (exact) mass is 698 g/mol. The van der Waals surface area contributed by atoms with E-state index in [-0.39, 0.29) is 29.1 Å². The highest BCUT2D eigenvalue weighted by atomic mass is 79.9. The second kappa shape index (κ2) is 11.6. The van der Waals surface area contributed by atoms with Gasteiger partial charge >= 0.3 is 4.87 Å². The van der Waals surface area contributed by atoms with Gasteiger partial charge in [0.15, 0.2) is 0 Å². The van der Waals surface area contributed by atoms with Crippen LogP contribution in [0.4, 0.5) is 17.1 Å². The van der Waals surface area contributed by atoms with E-state index in [1.807, 2.05) is 85.7 Å². The fraction of sp³-hybridized carbons (Fsp3) is 0.176. The summed E-state index contributed by atoms with van der Waals surface area (Å²) in [5, 5.41) is 4.77. The Kier molecular flexibility index (Phi) is 7.63. The average Bonchev–Trinajstić information content (AvgIpc) is 3.47. The first-order chi connectivity index (χ1) is 21.7. The molecule has 3 atom stereocenters. The van der Waals surface area contributed by atoms with Crippen LogP contribution < -0.4 is 20.0 Å². The van der Waals surface area contributed by atoms with Gasteiger partial charge in [-0.1, -0.05) is 81.5 Å². The van der Waals surface area contributed by atoms with Gasteiger partial charge in [0, 0.05) is 40.7 Å². The molecule has 1 N–H and O–H groups in total. The number of halogens is 1. The fourth-order valence-electron chi connectivity index (χ4n) is 6.05. The first-order valence-corrected chi connectivity index (χ1v) is 16.8. The van der Waals surface area contributed by atoms with Crippen LogP contribution in [0.15, 0.2) is 105 Å². The highest BCUT2D eigenvalue weighted by Gasteiger charge is 2.56. The summed E-state index contributed by atoms with van der Waals surface area (Å²) in [7, 11) is 3.90. The molecule has 4 aromatic carbocycles. The summed E-state index contributed by atoms with van der Waals surface area (Å²) in [5.74, 6) is -2.21. The number of carbonyl (C=O) groups excluding carboxylic acids is 3. The Morgan fingerprint density at radius 1 is 0.889 bits per heavy atom. The Morgan fingerprint density at radius 2 is 1.60 bits per heavy atom. The molecule has 3 heterocycles. The number of hydrogen-bond donors (Lipinski definition) is 1. The van der Waals surface area contributed by atoms with Crippen LogP contribution in [0.1, 0.15) is 16.4 Å². The lowest BCUT2D eigenvalue weighted by Gasteiger charge is -2.31. The van der Waals surface area contributed by atoms with E-state index in [1.165, 1.54) is 21.2 Å². The first kappa shape index (κ1) is 29.5. The van der Waals surface area contributed by atoms with Crippen LogP contribution in [0, 0.1) is 5.92 Å². The van der Waals surface area contributed by atoms with Crippen LogP contribution >= 0.6 is 39.0 Å². The van der Waals surface area contributed by atoms with Gasteiger partial charge in [0.1, 0.15) is 11.8 Å². The molecule has 3 amide bonds. The fourth-order valence-corrected chi connectivity index (χ4v) is 9.09. The minimum atomic E-state index is -0.754. The number of imide groups is 1. The molecule has 0 aliphatic carbocycles. The molecule has 5 aromatic rings. The Labute approximate surface area is 275 Å². The molecule has 0 spiro atoms. The third kappa shape index (κ3) is 5.28. The van der Waals surface area contributed by atoms with Gasteiger partial charge in [0.2, 0.25) is 17.7 Å². The molecule has 8 nitrogen and oxygen atoms in total. The topological polar surface area (TPSA) is 91.7 Å². The summed E-state index contributed by atoms with van der Waals surface area (Å²) < 4.78 is 2.28. The number of rotatable bonds is 6. The lowest BCUT2D eigenvalue weighted by atomic mass is 9.83. The summed E-state index contributed by atoms with van der Waals surface area (Å²) in [6.07, 6.45) is 0. The van der Waals surface area contributed by atoms with Crippen molar-refractivity contribution < 1.29 is 14.4 Å². The van der Waals surface area contributed by atoms with E-state index in [1.54, 1.807) is 24.3 Å². The zero-order valence-electron chi connectivity index (χ0n) is 24.3. The van der Waals surface area contributed by atoms with Gasteiger partial charge in [0.25, 0.3) is 0 Å². The molecular formula is C34H27BrN4O4S2. The van der Waals surface area contributed by atoms with Gasteiger partial charge in [-0.2, -0.15) is 0 Å². The molecule has 0 saturated carbocycles. The predicted molar refractivity (Wildman–Crippen MR) is 184 cm³/mol. The van der Waals surface area contributed by atoms with Gasteiger partial charge in [-0.25, -0.2) is 4.90 Å². The molecule has 1 fully saturated rings. The summed E-state index contributed by atoms with van der Waals surface area (Å²) in [5.41, 5.74) is 2.96. The lowest BCUT2D eigenvalue weighted by molar-refractivity contribution is -0.122. The second-order valence-corrected chi connectivity index (χ2v) is 14.3. The second-order valence-electron chi connectivity index (χ2n) is 11.2. The number of nitrogens with zero attached hydrogens (tertiary/aromatic N) is 3. The van der Waals surface area contributed by atoms with Crippen LogP contribution in [0.25, 0.3) is 10.8 Å². The van der Waals surface area contributed by atoms with Gasteiger partial charge in [-0.3, -0.25) is 23.7 Å². The van der Waals surface area contributed by atoms with E-state index in [4.69, 9.17) is 0 Å². The first-order valence-electron chi connectivity index (χ1n) is 14.3. The van der Waals surface area contributed by atoms with Gasteiger partial charge in [-0.15, -0.1) is 0 Å². The Morgan fingerprint density at radius 3 is 2.31 bits per heavy atom. The Balaban J connectivity index is 1.26. The maximum absolute atomic E-state index is 14.1. The molecule has 7 rings (SSSR count). The average molecular weight is 700 g/mol. The number of benzene rings is 4.